The number of hydrogen-bond donors (Lipinski definition) is 1. The Balaban J connectivity index is 2.28. The summed E-state index contributed by atoms with van der Waals surface area (Å²) in [6.45, 7) is 1.81. The second-order valence-corrected chi connectivity index (χ2v) is 4.72. The predicted molar refractivity (Wildman–Crippen MR) is 73.3 cm³/mol. The first kappa shape index (κ1) is 13.8. The molecule has 1 N–H and O–H groups in total. The number of aryl methyl sites for hydroxylation is 1. The second kappa shape index (κ2) is 5.55. The molecular formula is C13H9Cl2FN2O. The fourth-order valence-electron chi connectivity index (χ4n) is 1.50. The van der Waals surface area contributed by atoms with Crippen LogP contribution in [0.25, 0.3) is 0 Å². The van der Waals surface area contributed by atoms with E-state index in [1.54, 1.807) is 12.3 Å². The molecule has 0 saturated carbocycles. The number of nitrogens with one attached hydrogen (secondary N) is 1. The van der Waals surface area contributed by atoms with E-state index in [2.05, 4.69) is 10.3 Å². The van der Waals surface area contributed by atoms with Gasteiger partial charge in [0.15, 0.2) is 5.15 Å². The Morgan fingerprint density at radius 1 is 1.32 bits per heavy atom. The van der Waals surface area contributed by atoms with Crippen molar-refractivity contribution in [2.24, 2.45) is 0 Å². The lowest BCUT2D eigenvalue weighted by molar-refractivity contribution is 0.102. The zero-order valence-electron chi connectivity index (χ0n) is 9.88. The summed E-state index contributed by atoms with van der Waals surface area (Å²) in [5.74, 6) is -1.30. The summed E-state index contributed by atoms with van der Waals surface area (Å²) in [4.78, 5) is 15.8. The zero-order chi connectivity index (χ0) is 14.0. The van der Waals surface area contributed by atoms with Crippen LogP contribution in [0.2, 0.25) is 10.2 Å². The topological polar surface area (TPSA) is 42.0 Å². The van der Waals surface area contributed by atoms with Crippen LogP contribution in [-0.4, -0.2) is 10.9 Å². The highest BCUT2D eigenvalue weighted by atomic mass is 35.5. The third-order valence-corrected chi connectivity index (χ3v) is 2.94. The number of benzene rings is 1. The Bertz CT molecular complexity index is 647. The summed E-state index contributed by atoms with van der Waals surface area (Å²) in [6.07, 6.45) is 1.57. The van der Waals surface area contributed by atoms with Crippen LogP contribution in [-0.2, 0) is 0 Å². The monoisotopic (exact) mass is 298 g/mol. The average Bonchev–Trinajstić information content (AvgIpc) is 2.33. The van der Waals surface area contributed by atoms with Crippen LogP contribution in [0.3, 0.4) is 0 Å². The van der Waals surface area contributed by atoms with Crippen molar-refractivity contribution in [3.8, 4) is 0 Å². The molecule has 0 spiro atoms. The number of rotatable bonds is 2. The Morgan fingerprint density at radius 3 is 2.74 bits per heavy atom. The summed E-state index contributed by atoms with van der Waals surface area (Å²) < 4.78 is 13.6. The normalized spacial score (nSPS) is 10.3. The molecule has 1 heterocycles. The number of anilines is 1. The van der Waals surface area contributed by atoms with Gasteiger partial charge in [-0.3, -0.25) is 4.79 Å². The first-order valence-corrected chi connectivity index (χ1v) is 6.11. The number of nitrogens with zero attached hydrogens (tertiary/aromatic N) is 1. The van der Waals surface area contributed by atoms with Crippen molar-refractivity contribution in [3.05, 3.63) is 57.6 Å². The maximum absolute atomic E-state index is 13.6. The van der Waals surface area contributed by atoms with Crippen molar-refractivity contribution in [2.45, 2.75) is 6.92 Å². The minimum atomic E-state index is -0.693. The highest BCUT2D eigenvalue weighted by Crippen LogP contribution is 2.22. The van der Waals surface area contributed by atoms with E-state index < -0.39 is 11.7 Å². The van der Waals surface area contributed by atoms with E-state index in [-0.39, 0.29) is 15.7 Å². The van der Waals surface area contributed by atoms with Crippen molar-refractivity contribution < 1.29 is 9.18 Å². The molecule has 6 heteroatoms. The van der Waals surface area contributed by atoms with E-state index in [9.17, 15) is 9.18 Å². The number of amides is 1. The highest BCUT2D eigenvalue weighted by molar-refractivity contribution is 6.32. The number of pyridine rings is 1. The summed E-state index contributed by atoms with van der Waals surface area (Å²) in [5, 5.41) is 2.88. The fraction of sp³-hybridized carbons (Fsp3) is 0.0769. The Hall–Kier alpha value is -1.65. The lowest BCUT2D eigenvalue weighted by atomic mass is 10.2. The second-order valence-electron chi connectivity index (χ2n) is 3.93. The number of carbonyl (C=O) groups excluding carboxylic acids is 1. The number of hydrogen-bond acceptors (Lipinski definition) is 2. The molecule has 0 aliphatic carbocycles. The number of aromatic nitrogens is 1. The van der Waals surface area contributed by atoms with Crippen molar-refractivity contribution in [2.75, 3.05) is 5.32 Å². The summed E-state index contributed by atoms with van der Waals surface area (Å²) >= 11 is 11.5. The van der Waals surface area contributed by atoms with E-state index in [0.717, 1.165) is 11.6 Å². The molecule has 0 aliphatic rings. The Kier molecular flexibility index (Phi) is 4.02. The van der Waals surface area contributed by atoms with E-state index in [0.29, 0.717) is 5.69 Å². The van der Waals surface area contributed by atoms with Gasteiger partial charge in [0.05, 0.1) is 11.3 Å². The fourth-order valence-corrected chi connectivity index (χ4v) is 1.81. The standard InChI is InChI=1S/C13H9Cl2FN2O/c1-7-4-11(12(15)17-6-7)18-13(19)9-3-2-8(14)5-10(9)16/h2-6H,1H3,(H,18,19). The smallest absolute Gasteiger partial charge is 0.258 e. The lowest BCUT2D eigenvalue weighted by Crippen LogP contribution is -2.14. The van der Waals surface area contributed by atoms with Gasteiger partial charge < -0.3 is 5.32 Å². The van der Waals surface area contributed by atoms with Crippen LogP contribution in [0.5, 0.6) is 0 Å². The van der Waals surface area contributed by atoms with Gasteiger partial charge in [-0.05, 0) is 36.8 Å². The van der Waals surface area contributed by atoms with Crippen molar-refractivity contribution >= 4 is 34.8 Å². The van der Waals surface area contributed by atoms with E-state index in [1.165, 1.54) is 12.1 Å². The molecule has 0 radical (unpaired) electrons. The summed E-state index contributed by atoms with van der Waals surface area (Å²) in [6, 6.07) is 5.48. The molecule has 0 aliphatic heterocycles. The number of halogens is 3. The Labute approximate surface area is 119 Å². The third-order valence-electron chi connectivity index (χ3n) is 2.40. The molecule has 0 atom stereocenters. The maximum atomic E-state index is 13.6. The molecule has 1 aromatic heterocycles. The van der Waals surface area contributed by atoms with Crippen LogP contribution in [0.15, 0.2) is 30.5 Å². The molecular weight excluding hydrogens is 290 g/mol. The van der Waals surface area contributed by atoms with Crippen molar-refractivity contribution in [1.82, 2.24) is 4.98 Å². The largest absolute Gasteiger partial charge is 0.319 e. The number of carbonyl (C=O) groups is 1. The summed E-state index contributed by atoms with van der Waals surface area (Å²) in [7, 11) is 0. The first-order chi connectivity index (χ1) is 8.97. The van der Waals surface area contributed by atoms with Crippen LogP contribution in [0.4, 0.5) is 10.1 Å². The molecule has 2 aromatic rings. The third kappa shape index (κ3) is 3.22. The van der Waals surface area contributed by atoms with Gasteiger partial charge in [-0.15, -0.1) is 0 Å². The zero-order valence-corrected chi connectivity index (χ0v) is 11.4. The molecule has 0 bridgehead atoms. The van der Waals surface area contributed by atoms with E-state index >= 15 is 0 Å². The minimum absolute atomic E-state index is 0.109. The van der Waals surface area contributed by atoms with Crippen LogP contribution >= 0.6 is 23.2 Å². The van der Waals surface area contributed by atoms with Gasteiger partial charge in [0.25, 0.3) is 5.91 Å². The molecule has 1 aromatic carbocycles. The molecule has 0 fully saturated rings. The molecule has 98 valence electrons. The van der Waals surface area contributed by atoms with Gasteiger partial charge in [-0.2, -0.15) is 0 Å². The van der Waals surface area contributed by atoms with Crippen LogP contribution < -0.4 is 5.32 Å². The van der Waals surface area contributed by atoms with Crippen molar-refractivity contribution in [1.29, 1.82) is 0 Å². The molecule has 2 rings (SSSR count). The van der Waals surface area contributed by atoms with Gasteiger partial charge in [0.2, 0.25) is 0 Å². The van der Waals surface area contributed by atoms with Gasteiger partial charge >= 0.3 is 0 Å². The minimum Gasteiger partial charge on any atom is -0.319 e. The summed E-state index contributed by atoms with van der Waals surface area (Å²) in [5.41, 5.74) is 1.05. The van der Waals surface area contributed by atoms with Gasteiger partial charge in [-0.25, -0.2) is 9.37 Å². The lowest BCUT2D eigenvalue weighted by Gasteiger charge is -2.08. The van der Waals surface area contributed by atoms with Gasteiger partial charge in [-0.1, -0.05) is 23.2 Å². The van der Waals surface area contributed by atoms with E-state index in [4.69, 9.17) is 23.2 Å². The molecule has 1 amide bonds. The van der Waals surface area contributed by atoms with Crippen molar-refractivity contribution in [3.63, 3.8) is 0 Å². The van der Waals surface area contributed by atoms with Crippen LogP contribution in [0.1, 0.15) is 15.9 Å². The quantitative estimate of drug-likeness (QED) is 0.849. The van der Waals surface area contributed by atoms with E-state index in [1.807, 2.05) is 6.92 Å². The van der Waals surface area contributed by atoms with Gasteiger partial charge in [0, 0.05) is 11.2 Å². The highest BCUT2D eigenvalue weighted by Gasteiger charge is 2.14. The first-order valence-electron chi connectivity index (χ1n) is 5.36. The average molecular weight is 299 g/mol. The SMILES string of the molecule is Cc1cnc(Cl)c(NC(=O)c2ccc(Cl)cc2F)c1. The van der Waals surface area contributed by atoms with Gasteiger partial charge in [0.1, 0.15) is 5.82 Å². The maximum Gasteiger partial charge on any atom is 0.258 e. The Morgan fingerprint density at radius 2 is 2.05 bits per heavy atom. The molecule has 3 nitrogen and oxygen atoms in total. The predicted octanol–water partition coefficient (Wildman–Crippen LogP) is 4.09. The van der Waals surface area contributed by atoms with Crippen LogP contribution in [0, 0.1) is 12.7 Å². The molecule has 0 saturated heterocycles. The molecule has 0 unspecified atom stereocenters. The molecule has 19 heavy (non-hydrogen) atoms.